The van der Waals surface area contributed by atoms with E-state index < -0.39 is 5.79 Å². The van der Waals surface area contributed by atoms with Crippen LogP contribution in [0, 0.1) is 0 Å². The third kappa shape index (κ3) is 1.42. The molecule has 12 heavy (non-hydrogen) atoms. The predicted octanol–water partition coefficient (Wildman–Crippen LogP) is 1.04. The zero-order valence-corrected chi connectivity index (χ0v) is 6.91. The molecule has 0 aromatic rings. The summed E-state index contributed by atoms with van der Waals surface area (Å²) >= 11 is 0. The molecule has 0 amide bonds. The molecule has 0 aromatic heterocycles. The smallest absolute Gasteiger partial charge is 0.188 e. The van der Waals surface area contributed by atoms with E-state index in [1.54, 1.807) is 12.2 Å². The lowest BCUT2D eigenvalue weighted by Gasteiger charge is -2.21. The maximum absolute atomic E-state index is 11.0. The van der Waals surface area contributed by atoms with Gasteiger partial charge in [-0.2, -0.15) is 0 Å². The number of rotatable bonds is 0. The molecule has 2 aliphatic rings. The molecule has 1 aliphatic heterocycles. The maximum Gasteiger partial charge on any atom is 0.188 e. The third-order valence-electron chi connectivity index (χ3n) is 2.25. The van der Waals surface area contributed by atoms with Crippen LogP contribution in [-0.2, 0) is 14.3 Å². The molecule has 0 saturated carbocycles. The van der Waals surface area contributed by atoms with Crippen molar-refractivity contribution in [1.82, 2.24) is 0 Å². The quantitative estimate of drug-likeness (QED) is 0.542. The van der Waals surface area contributed by atoms with Crippen LogP contribution in [0.1, 0.15) is 19.3 Å². The van der Waals surface area contributed by atoms with Gasteiger partial charge in [0, 0.05) is 12.8 Å². The second-order valence-electron chi connectivity index (χ2n) is 3.16. The number of ether oxygens (including phenoxy) is 2. The summed E-state index contributed by atoms with van der Waals surface area (Å²) in [4.78, 5) is 11.0. The topological polar surface area (TPSA) is 35.5 Å². The van der Waals surface area contributed by atoms with Gasteiger partial charge in [0.25, 0.3) is 0 Å². The zero-order chi connectivity index (χ0) is 8.44. The normalized spacial score (nSPS) is 27.8. The maximum atomic E-state index is 11.0. The fraction of sp³-hybridized carbons (Fsp3) is 0.667. The van der Waals surface area contributed by atoms with Gasteiger partial charge in [0.1, 0.15) is 0 Å². The minimum absolute atomic E-state index is 0.172. The van der Waals surface area contributed by atoms with E-state index in [1.165, 1.54) is 0 Å². The van der Waals surface area contributed by atoms with E-state index >= 15 is 0 Å². The molecule has 0 unspecified atom stereocenters. The van der Waals surface area contributed by atoms with Gasteiger partial charge in [0.05, 0.1) is 13.2 Å². The molecule has 0 atom stereocenters. The van der Waals surface area contributed by atoms with Crippen molar-refractivity contribution in [3.63, 3.8) is 0 Å². The minimum atomic E-state index is -0.563. The Labute approximate surface area is 71.3 Å². The van der Waals surface area contributed by atoms with Crippen molar-refractivity contribution in [3.8, 4) is 0 Å². The summed E-state index contributed by atoms with van der Waals surface area (Å²) in [6.45, 7) is 1.27. The van der Waals surface area contributed by atoms with Crippen molar-refractivity contribution < 1.29 is 14.3 Å². The number of hydrogen-bond acceptors (Lipinski definition) is 3. The van der Waals surface area contributed by atoms with Gasteiger partial charge in [-0.1, -0.05) is 0 Å². The van der Waals surface area contributed by atoms with Gasteiger partial charge >= 0.3 is 0 Å². The van der Waals surface area contributed by atoms with E-state index in [-0.39, 0.29) is 5.78 Å². The highest BCUT2D eigenvalue weighted by molar-refractivity contribution is 5.90. The summed E-state index contributed by atoms with van der Waals surface area (Å²) in [6, 6.07) is 0. The van der Waals surface area contributed by atoms with Gasteiger partial charge in [0.2, 0.25) is 0 Å². The highest BCUT2D eigenvalue weighted by atomic mass is 16.7. The van der Waals surface area contributed by atoms with Gasteiger partial charge in [-0.25, -0.2) is 0 Å². The Morgan fingerprint density at radius 3 is 2.83 bits per heavy atom. The summed E-state index contributed by atoms with van der Waals surface area (Å²) in [5, 5.41) is 0. The first kappa shape index (κ1) is 7.95. The first-order valence-electron chi connectivity index (χ1n) is 4.31. The van der Waals surface area contributed by atoms with Gasteiger partial charge in [-0.15, -0.1) is 0 Å². The van der Waals surface area contributed by atoms with Gasteiger partial charge < -0.3 is 9.47 Å². The van der Waals surface area contributed by atoms with Crippen LogP contribution >= 0.6 is 0 Å². The minimum Gasteiger partial charge on any atom is -0.344 e. The molecular weight excluding hydrogens is 156 g/mol. The molecule has 3 nitrogen and oxygen atoms in total. The molecule has 3 heteroatoms. The lowest BCUT2D eigenvalue weighted by Crippen LogP contribution is -2.26. The van der Waals surface area contributed by atoms with Crippen LogP contribution in [-0.4, -0.2) is 24.8 Å². The molecule has 1 fully saturated rings. The number of ketones is 1. The van der Waals surface area contributed by atoms with E-state index in [2.05, 4.69) is 0 Å². The molecule has 0 bridgehead atoms. The Bertz CT molecular complexity index is 214. The average Bonchev–Trinajstić information content (AvgIpc) is 2.42. The Hall–Kier alpha value is -0.670. The van der Waals surface area contributed by atoms with Gasteiger partial charge in [-0.05, 0) is 18.6 Å². The number of carbonyl (C=O) groups is 1. The number of allylic oxidation sites excluding steroid dienone is 1. The molecule has 1 spiro atoms. The molecular formula is C9H12O3. The molecule has 1 saturated heterocycles. The Kier molecular flexibility index (Phi) is 1.98. The SMILES string of the molecule is O=C1C=CC2(CCC1)OCCO2. The van der Waals surface area contributed by atoms with Crippen LogP contribution in [0.4, 0.5) is 0 Å². The largest absolute Gasteiger partial charge is 0.344 e. The second kappa shape index (κ2) is 2.99. The first-order chi connectivity index (χ1) is 5.81. The monoisotopic (exact) mass is 168 g/mol. The third-order valence-corrected chi connectivity index (χ3v) is 2.25. The van der Waals surface area contributed by atoms with Crippen molar-refractivity contribution in [3.05, 3.63) is 12.2 Å². The molecule has 1 heterocycles. The summed E-state index contributed by atoms with van der Waals surface area (Å²) in [7, 11) is 0. The summed E-state index contributed by atoms with van der Waals surface area (Å²) < 4.78 is 10.9. The van der Waals surface area contributed by atoms with E-state index in [0.29, 0.717) is 19.6 Å². The highest BCUT2D eigenvalue weighted by Gasteiger charge is 2.34. The lowest BCUT2D eigenvalue weighted by molar-refractivity contribution is -0.121. The molecule has 2 rings (SSSR count). The zero-order valence-electron chi connectivity index (χ0n) is 6.91. The fourth-order valence-corrected chi connectivity index (χ4v) is 1.61. The molecule has 0 radical (unpaired) electrons. The standard InChI is InChI=1S/C9H12O3/c10-8-2-1-4-9(5-3-8)11-6-7-12-9/h3,5H,1-2,4,6-7H2. The average molecular weight is 168 g/mol. The summed E-state index contributed by atoms with van der Waals surface area (Å²) in [5.41, 5.74) is 0. The molecule has 0 aromatic carbocycles. The van der Waals surface area contributed by atoms with Gasteiger partial charge in [0.15, 0.2) is 11.6 Å². The van der Waals surface area contributed by atoms with Crippen molar-refractivity contribution in [2.24, 2.45) is 0 Å². The molecule has 0 N–H and O–H groups in total. The Balaban J connectivity index is 2.14. The van der Waals surface area contributed by atoms with Crippen molar-refractivity contribution in [2.45, 2.75) is 25.0 Å². The fourth-order valence-electron chi connectivity index (χ4n) is 1.61. The summed E-state index contributed by atoms with van der Waals surface area (Å²) in [5.74, 6) is -0.391. The van der Waals surface area contributed by atoms with Crippen molar-refractivity contribution >= 4 is 5.78 Å². The van der Waals surface area contributed by atoms with E-state index in [4.69, 9.17) is 9.47 Å². The van der Waals surface area contributed by atoms with Crippen LogP contribution in [0.3, 0.4) is 0 Å². The van der Waals surface area contributed by atoms with E-state index in [0.717, 1.165) is 12.8 Å². The van der Waals surface area contributed by atoms with Gasteiger partial charge in [-0.3, -0.25) is 4.79 Å². The highest BCUT2D eigenvalue weighted by Crippen LogP contribution is 2.29. The first-order valence-corrected chi connectivity index (χ1v) is 4.31. The van der Waals surface area contributed by atoms with Crippen LogP contribution in [0.2, 0.25) is 0 Å². The van der Waals surface area contributed by atoms with Crippen LogP contribution in [0.15, 0.2) is 12.2 Å². The van der Waals surface area contributed by atoms with Crippen LogP contribution in [0.25, 0.3) is 0 Å². The predicted molar refractivity (Wildman–Crippen MR) is 42.6 cm³/mol. The molecule has 1 aliphatic carbocycles. The number of carbonyl (C=O) groups excluding carboxylic acids is 1. The van der Waals surface area contributed by atoms with Crippen LogP contribution in [0.5, 0.6) is 0 Å². The second-order valence-corrected chi connectivity index (χ2v) is 3.16. The lowest BCUT2D eigenvalue weighted by atomic mass is 10.1. The summed E-state index contributed by atoms with van der Waals surface area (Å²) in [6.07, 6.45) is 5.61. The molecule has 66 valence electrons. The number of hydrogen-bond donors (Lipinski definition) is 0. The van der Waals surface area contributed by atoms with E-state index in [1.807, 2.05) is 0 Å². The Morgan fingerprint density at radius 2 is 2.08 bits per heavy atom. The van der Waals surface area contributed by atoms with E-state index in [9.17, 15) is 4.79 Å². The Morgan fingerprint density at radius 1 is 1.33 bits per heavy atom. The van der Waals surface area contributed by atoms with Crippen molar-refractivity contribution in [1.29, 1.82) is 0 Å². The van der Waals surface area contributed by atoms with Crippen LogP contribution < -0.4 is 0 Å². The van der Waals surface area contributed by atoms with Crippen molar-refractivity contribution in [2.75, 3.05) is 13.2 Å².